The molecule has 1 aliphatic carbocycles. The third-order valence-corrected chi connectivity index (χ3v) is 5.16. The zero-order valence-corrected chi connectivity index (χ0v) is 14.7. The van der Waals surface area contributed by atoms with E-state index in [1.54, 1.807) is 0 Å². The van der Waals surface area contributed by atoms with Gasteiger partial charge in [0.15, 0.2) is 0 Å². The molecule has 3 rings (SSSR count). The predicted octanol–water partition coefficient (Wildman–Crippen LogP) is 2.71. The van der Waals surface area contributed by atoms with Crippen LogP contribution in [0.15, 0.2) is 18.2 Å². The number of aryl methyl sites for hydroxylation is 2. The second kappa shape index (κ2) is 7.24. The molecule has 0 bridgehead atoms. The van der Waals surface area contributed by atoms with Gasteiger partial charge in [-0.1, -0.05) is 30.5 Å². The molecular formula is C19H27N3O2. The number of carbonyl (C=O) groups is 2. The minimum Gasteiger partial charge on any atom is -0.335 e. The largest absolute Gasteiger partial charge is 0.335 e. The van der Waals surface area contributed by atoms with Crippen LogP contribution < -0.4 is 5.32 Å². The van der Waals surface area contributed by atoms with Gasteiger partial charge in [0.1, 0.15) is 0 Å². The molecule has 1 heterocycles. The van der Waals surface area contributed by atoms with Gasteiger partial charge in [0.25, 0.3) is 5.91 Å². The van der Waals surface area contributed by atoms with Crippen LogP contribution in [0.4, 0.5) is 4.79 Å². The highest BCUT2D eigenvalue weighted by Gasteiger charge is 2.27. The number of carbonyl (C=O) groups excluding carboxylic acids is 2. The third-order valence-electron chi connectivity index (χ3n) is 5.16. The van der Waals surface area contributed by atoms with Gasteiger partial charge in [0.05, 0.1) is 0 Å². The number of hydrogen-bond acceptors (Lipinski definition) is 2. The van der Waals surface area contributed by atoms with Crippen LogP contribution in [0.5, 0.6) is 0 Å². The quantitative estimate of drug-likeness (QED) is 0.907. The second-order valence-corrected chi connectivity index (χ2v) is 7.03. The lowest BCUT2D eigenvalue weighted by Gasteiger charge is -2.35. The van der Waals surface area contributed by atoms with Crippen molar-refractivity contribution in [3.8, 4) is 0 Å². The molecule has 0 atom stereocenters. The molecule has 5 nitrogen and oxygen atoms in total. The Hall–Kier alpha value is -2.04. The summed E-state index contributed by atoms with van der Waals surface area (Å²) >= 11 is 0. The summed E-state index contributed by atoms with van der Waals surface area (Å²) in [6, 6.07) is 6.34. The maximum atomic E-state index is 12.7. The van der Waals surface area contributed by atoms with Gasteiger partial charge in [0.2, 0.25) is 0 Å². The van der Waals surface area contributed by atoms with E-state index in [4.69, 9.17) is 0 Å². The molecule has 24 heavy (non-hydrogen) atoms. The molecule has 1 N–H and O–H groups in total. The van der Waals surface area contributed by atoms with Crippen molar-refractivity contribution in [2.75, 3.05) is 26.2 Å². The summed E-state index contributed by atoms with van der Waals surface area (Å²) in [6.45, 7) is 6.39. The van der Waals surface area contributed by atoms with Crippen molar-refractivity contribution >= 4 is 11.9 Å². The Morgan fingerprint density at radius 3 is 2.29 bits per heavy atom. The van der Waals surface area contributed by atoms with Gasteiger partial charge < -0.3 is 15.1 Å². The van der Waals surface area contributed by atoms with E-state index in [0.29, 0.717) is 32.2 Å². The van der Waals surface area contributed by atoms with Crippen molar-refractivity contribution in [3.63, 3.8) is 0 Å². The first kappa shape index (κ1) is 16.8. The van der Waals surface area contributed by atoms with Crippen LogP contribution in [0.2, 0.25) is 0 Å². The molecule has 0 spiro atoms. The highest BCUT2D eigenvalue weighted by atomic mass is 16.2. The van der Waals surface area contributed by atoms with Gasteiger partial charge in [0, 0.05) is 37.8 Å². The number of piperazine rings is 1. The molecule has 1 saturated carbocycles. The van der Waals surface area contributed by atoms with Crippen molar-refractivity contribution < 1.29 is 9.59 Å². The molecule has 130 valence electrons. The Bertz CT molecular complexity index is 615. The SMILES string of the molecule is Cc1ccc(C)c(C(=O)N2CCN(C(=O)NC3CCCC3)CC2)c1. The summed E-state index contributed by atoms with van der Waals surface area (Å²) in [7, 11) is 0. The van der Waals surface area contributed by atoms with Crippen LogP contribution >= 0.6 is 0 Å². The fourth-order valence-electron chi connectivity index (χ4n) is 3.59. The predicted molar refractivity (Wildman–Crippen MR) is 94.2 cm³/mol. The highest BCUT2D eigenvalue weighted by molar-refractivity contribution is 5.96. The number of nitrogens with zero attached hydrogens (tertiary/aromatic N) is 2. The Balaban J connectivity index is 1.55. The summed E-state index contributed by atoms with van der Waals surface area (Å²) < 4.78 is 0. The maximum Gasteiger partial charge on any atom is 0.317 e. The first-order chi connectivity index (χ1) is 11.5. The van der Waals surface area contributed by atoms with Gasteiger partial charge >= 0.3 is 6.03 Å². The van der Waals surface area contributed by atoms with Gasteiger partial charge in [-0.05, 0) is 38.3 Å². The highest BCUT2D eigenvalue weighted by Crippen LogP contribution is 2.18. The first-order valence-corrected chi connectivity index (χ1v) is 8.96. The fraction of sp³-hybridized carbons (Fsp3) is 0.579. The van der Waals surface area contributed by atoms with Crippen LogP contribution in [0, 0.1) is 13.8 Å². The number of nitrogens with one attached hydrogen (secondary N) is 1. The molecule has 3 amide bonds. The number of hydrogen-bond donors (Lipinski definition) is 1. The van der Waals surface area contributed by atoms with Crippen molar-refractivity contribution in [2.24, 2.45) is 0 Å². The number of amides is 3. The van der Waals surface area contributed by atoms with Crippen LogP contribution in [-0.4, -0.2) is 54.0 Å². The minimum absolute atomic E-state index is 0.0285. The van der Waals surface area contributed by atoms with Gasteiger partial charge in [-0.3, -0.25) is 4.79 Å². The zero-order chi connectivity index (χ0) is 17.1. The van der Waals surface area contributed by atoms with E-state index < -0.39 is 0 Å². The van der Waals surface area contributed by atoms with Crippen LogP contribution in [0.3, 0.4) is 0 Å². The molecule has 5 heteroatoms. The van der Waals surface area contributed by atoms with E-state index in [1.165, 1.54) is 12.8 Å². The standard InChI is InChI=1S/C19H27N3O2/c1-14-7-8-15(2)17(13-14)18(23)21-9-11-22(12-10-21)19(24)20-16-5-3-4-6-16/h7-8,13,16H,3-6,9-12H2,1-2H3,(H,20,24). The third kappa shape index (κ3) is 3.71. The van der Waals surface area contributed by atoms with Crippen LogP contribution in [-0.2, 0) is 0 Å². The van der Waals surface area contributed by atoms with E-state index in [9.17, 15) is 9.59 Å². The molecule has 0 radical (unpaired) electrons. The Kier molecular flexibility index (Phi) is 5.07. The van der Waals surface area contributed by atoms with Gasteiger partial charge in [-0.2, -0.15) is 0 Å². The molecule has 0 aromatic heterocycles. The summed E-state index contributed by atoms with van der Waals surface area (Å²) in [4.78, 5) is 28.7. The normalized spacial score (nSPS) is 18.8. The average Bonchev–Trinajstić information content (AvgIpc) is 3.09. The molecule has 1 saturated heterocycles. The Morgan fingerprint density at radius 1 is 1.00 bits per heavy atom. The van der Waals surface area contributed by atoms with Crippen LogP contribution in [0.1, 0.15) is 47.2 Å². The fourth-order valence-corrected chi connectivity index (χ4v) is 3.59. The lowest BCUT2D eigenvalue weighted by atomic mass is 10.0. The molecule has 1 aliphatic heterocycles. The Morgan fingerprint density at radius 2 is 1.62 bits per heavy atom. The molecule has 2 aliphatic rings. The lowest BCUT2D eigenvalue weighted by molar-refractivity contribution is 0.0662. The molecule has 0 unspecified atom stereocenters. The van der Waals surface area contributed by atoms with Crippen LogP contribution in [0.25, 0.3) is 0 Å². The van der Waals surface area contributed by atoms with E-state index >= 15 is 0 Å². The van der Waals surface area contributed by atoms with Crippen molar-refractivity contribution in [2.45, 2.75) is 45.6 Å². The van der Waals surface area contributed by atoms with Crippen molar-refractivity contribution in [1.82, 2.24) is 15.1 Å². The summed E-state index contributed by atoms with van der Waals surface area (Å²) in [6.07, 6.45) is 4.61. The molecule has 1 aromatic carbocycles. The maximum absolute atomic E-state index is 12.7. The summed E-state index contributed by atoms with van der Waals surface area (Å²) in [5.41, 5.74) is 2.88. The summed E-state index contributed by atoms with van der Waals surface area (Å²) in [5.74, 6) is 0.0760. The number of benzene rings is 1. The van der Waals surface area contributed by atoms with E-state index in [-0.39, 0.29) is 11.9 Å². The average molecular weight is 329 g/mol. The van der Waals surface area contributed by atoms with Crippen molar-refractivity contribution in [3.05, 3.63) is 34.9 Å². The molecule has 2 fully saturated rings. The second-order valence-electron chi connectivity index (χ2n) is 7.03. The topological polar surface area (TPSA) is 52.7 Å². The van der Waals surface area contributed by atoms with Gasteiger partial charge in [-0.15, -0.1) is 0 Å². The first-order valence-electron chi connectivity index (χ1n) is 8.96. The monoisotopic (exact) mass is 329 g/mol. The zero-order valence-electron chi connectivity index (χ0n) is 14.7. The minimum atomic E-state index is 0.0285. The van der Waals surface area contributed by atoms with Crippen molar-refractivity contribution in [1.29, 1.82) is 0 Å². The Labute approximate surface area is 144 Å². The molecular weight excluding hydrogens is 302 g/mol. The smallest absolute Gasteiger partial charge is 0.317 e. The van der Waals surface area contributed by atoms with E-state index in [0.717, 1.165) is 29.5 Å². The van der Waals surface area contributed by atoms with E-state index in [1.807, 2.05) is 41.8 Å². The lowest BCUT2D eigenvalue weighted by Crippen LogP contribution is -2.54. The number of rotatable bonds is 2. The molecule has 1 aromatic rings. The van der Waals surface area contributed by atoms with Gasteiger partial charge in [-0.25, -0.2) is 4.79 Å². The number of urea groups is 1. The summed E-state index contributed by atoms with van der Waals surface area (Å²) in [5, 5.41) is 3.12. The van der Waals surface area contributed by atoms with E-state index in [2.05, 4.69) is 5.32 Å².